The van der Waals surface area contributed by atoms with Gasteiger partial charge in [0.05, 0.1) is 17.1 Å². The highest BCUT2D eigenvalue weighted by molar-refractivity contribution is 5.79. The summed E-state index contributed by atoms with van der Waals surface area (Å²) in [5, 5.41) is 3.90. The highest BCUT2D eigenvalue weighted by Crippen LogP contribution is 2.20. The van der Waals surface area contributed by atoms with Crippen molar-refractivity contribution in [2.24, 2.45) is 5.73 Å². The van der Waals surface area contributed by atoms with E-state index in [1.54, 1.807) is 19.3 Å². The highest BCUT2D eigenvalue weighted by Gasteiger charge is 2.12. The van der Waals surface area contributed by atoms with Crippen molar-refractivity contribution in [3.63, 3.8) is 0 Å². The van der Waals surface area contributed by atoms with Gasteiger partial charge in [-0.05, 0) is 25.1 Å². The summed E-state index contributed by atoms with van der Waals surface area (Å²) in [6, 6.07) is 5.36. The molecule has 1 aromatic carbocycles. The monoisotopic (exact) mass is 241 g/mol. The summed E-state index contributed by atoms with van der Waals surface area (Å²) in [6.45, 7) is 1.79. The lowest BCUT2D eigenvalue weighted by Gasteiger charge is -1.97. The Morgan fingerprint density at radius 3 is 2.67 bits per heavy atom. The SMILES string of the molecule is C[C@H](N)c1nc(-c2ccc3nccnc3c2)no1. The molecule has 2 heterocycles. The molecule has 0 aliphatic carbocycles. The van der Waals surface area contributed by atoms with Crippen LogP contribution in [-0.2, 0) is 0 Å². The standard InChI is InChI=1S/C12H11N5O/c1-7(13)12-16-11(17-18-12)8-2-3-9-10(6-8)15-5-4-14-9/h2-7H,13H2,1H3/t7-/m0/s1. The molecule has 0 unspecified atom stereocenters. The number of hydrogen-bond acceptors (Lipinski definition) is 6. The summed E-state index contributed by atoms with van der Waals surface area (Å²) in [7, 11) is 0. The van der Waals surface area contributed by atoms with Gasteiger partial charge in [0, 0.05) is 18.0 Å². The Morgan fingerprint density at radius 2 is 1.94 bits per heavy atom. The molecule has 0 aliphatic heterocycles. The minimum atomic E-state index is -0.272. The van der Waals surface area contributed by atoms with Crippen LogP contribution in [0.15, 0.2) is 35.1 Å². The summed E-state index contributed by atoms with van der Waals surface area (Å²) in [4.78, 5) is 12.7. The average Bonchev–Trinajstić information content (AvgIpc) is 2.88. The van der Waals surface area contributed by atoms with Gasteiger partial charge in [-0.3, -0.25) is 9.97 Å². The minimum absolute atomic E-state index is 0.272. The lowest BCUT2D eigenvalue weighted by molar-refractivity contribution is 0.362. The average molecular weight is 241 g/mol. The Morgan fingerprint density at radius 1 is 1.17 bits per heavy atom. The van der Waals surface area contributed by atoms with Gasteiger partial charge in [0.25, 0.3) is 0 Å². The number of nitrogens with two attached hydrogens (primary N) is 1. The van der Waals surface area contributed by atoms with Gasteiger partial charge in [0.2, 0.25) is 11.7 Å². The zero-order chi connectivity index (χ0) is 12.5. The molecule has 0 fully saturated rings. The van der Waals surface area contributed by atoms with Gasteiger partial charge in [0.1, 0.15) is 0 Å². The Balaban J connectivity index is 2.07. The number of aromatic nitrogens is 4. The molecule has 0 saturated carbocycles. The van der Waals surface area contributed by atoms with Gasteiger partial charge in [-0.1, -0.05) is 5.16 Å². The van der Waals surface area contributed by atoms with Crippen LogP contribution >= 0.6 is 0 Å². The van der Waals surface area contributed by atoms with E-state index in [9.17, 15) is 0 Å². The zero-order valence-electron chi connectivity index (χ0n) is 9.74. The van der Waals surface area contributed by atoms with E-state index < -0.39 is 0 Å². The molecule has 0 saturated heterocycles. The summed E-state index contributed by atoms with van der Waals surface area (Å²) < 4.78 is 5.07. The van der Waals surface area contributed by atoms with Crippen molar-refractivity contribution >= 4 is 11.0 Å². The molecule has 0 spiro atoms. The van der Waals surface area contributed by atoms with E-state index in [1.165, 1.54) is 0 Å². The molecule has 0 aliphatic rings. The van der Waals surface area contributed by atoms with Crippen molar-refractivity contribution in [1.29, 1.82) is 0 Å². The van der Waals surface area contributed by atoms with Gasteiger partial charge >= 0.3 is 0 Å². The number of nitrogens with zero attached hydrogens (tertiary/aromatic N) is 4. The third-order valence-electron chi connectivity index (χ3n) is 2.56. The van der Waals surface area contributed by atoms with Crippen LogP contribution in [-0.4, -0.2) is 20.1 Å². The van der Waals surface area contributed by atoms with Crippen LogP contribution in [0, 0.1) is 0 Å². The first-order chi connectivity index (χ1) is 8.74. The second-order valence-electron chi connectivity index (χ2n) is 4.00. The van der Waals surface area contributed by atoms with Crippen molar-refractivity contribution in [2.45, 2.75) is 13.0 Å². The van der Waals surface area contributed by atoms with Gasteiger partial charge in [0.15, 0.2) is 0 Å². The highest BCUT2D eigenvalue weighted by atomic mass is 16.5. The van der Waals surface area contributed by atoms with Crippen LogP contribution in [0.3, 0.4) is 0 Å². The molecule has 2 aromatic heterocycles. The molecular formula is C12H11N5O. The third-order valence-corrected chi connectivity index (χ3v) is 2.56. The van der Waals surface area contributed by atoms with E-state index in [0.717, 1.165) is 16.6 Å². The van der Waals surface area contributed by atoms with Crippen molar-refractivity contribution in [3.05, 3.63) is 36.5 Å². The number of hydrogen-bond donors (Lipinski definition) is 1. The van der Waals surface area contributed by atoms with E-state index in [1.807, 2.05) is 18.2 Å². The normalized spacial score (nSPS) is 12.8. The van der Waals surface area contributed by atoms with E-state index >= 15 is 0 Å². The quantitative estimate of drug-likeness (QED) is 0.734. The Bertz CT molecular complexity index is 692. The Labute approximate surface area is 103 Å². The fraction of sp³-hybridized carbons (Fsp3) is 0.167. The van der Waals surface area contributed by atoms with Crippen LogP contribution in [0.2, 0.25) is 0 Å². The molecule has 1 atom stereocenters. The smallest absolute Gasteiger partial charge is 0.243 e. The van der Waals surface area contributed by atoms with E-state index in [-0.39, 0.29) is 6.04 Å². The largest absolute Gasteiger partial charge is 0.337 e. The predicted octanol–water partition coefficient (Wildman–Crippen LogP) is 1.70. The lowest BCUT2D eigenvalue weighted by Crippen LogP contribution is -2.04. The molecule has 6 heteroatoms. The molecule has 2 N–H and O–H groups in total. The van der Waals surface area contributed by atoms with Gasteiger partial charge in [-0.25, -0.2) is 0 Å². The van der Waals surface area contributed by atoms with E-state index in [0.29, 0.717) is 11.7 Å². The first-order valence-electron chi connectivity index (χ1n) is 5.54. The van der Waals surface area contributed by atoms with Crippen LogP contribution in [0.4, 0.5) is 0 Å². The molecular weight excluding hydrogens is 230 g/mol. The van der Waals surface area contributed by atoms with Crippen LogP contribution in [0.5, 0.6) is 0 Å². The molecule has 3 rings (SSSR count). The van der Waals surface area contributed by atoms with Crippen LogP contribution < -0.4 is 5.73 Å². The van der Waals surface area contributed by atoms with Crippen molar-refractivity contribution in [2.75, 3.05) is 0 Å². The van der Waals surface area contributed by atoms with Crippen LogP contribution in [0.1, 0.15) is 18.9 Å². The second-order valence-corrected chi connectivity index (χ2v) is 4.00. The van der Waals surface area contributed by atoms with Crippen molar-refractivity contribution in [3.8, 4) is 11.4 Å². The zero-order valence-corrected chi connectivity index (χ0v) is 9.74. The molecule has 0 radical (unpaired) electrons. The Kier molecular flexibility index (Phi) is 2.49. The molecule has 0 amide bonds. The predicted molar refractivity (Wildman–Crippen MR) is 65.4 cm³/mol. The molecule has 3 aromatic rings. The summed E-state index contributed by atoms with van der Waals surface area (Å²) in [5.41, 5.74) is 8.13. The Hall–Kier alpha value is -2.34. The fourth-order valence-corrected chi connectivity index (χ4v) is 1.64. The summed E-state index contributed by atoms with van der Waals surface area (Å²) in [5.74, 6) is 0.930. The van der Waals surface area contributed by atoms with Crippen molar-refractivity contribution < 1.29 is 4.52 Å². The topological polar surface area (TPSA) is 90.7 Å². The van der Waals surface area contributed by atoms with Gasteiger partial charge in [-0.15, -0.1) is 0 Å². The van der Waals surface area contributed by atoms with E-state index in [4.69, 9.17) is 10.3 Å². The minimum Gasteiger partial charge on any atom is -0.337 e. The maximum Gasteiger partial charge on any atom is 0.243 e. The molecule has 6 nitrogen and oxygen atoms in total. The summed E-state index contributed by atoms with van der Waals surface area (Å²) in [6.07, 6.45) is 3.31. The first-order valence-corrected chi connectivity index (χ1v) is 5.54. The number of fused-ring (bicyclic) bond motifs is 1. The first kappa shape index (κ1) is 10.8. The van der Waals surface area contributed by atoms with Crippen LogP contribution in [0.25, 0.3) is 22.4 Å². The van der Waals surface area contributed by atoms with E-state index in [2.05, 4.69) is 20.1 Å². The van der Waals surface area contributed by atoms with Gasteiger partial charge < -0.3 is 10.3 Å². The lowest BCUT2D eigenvalue weighted by atomic mass is 10.2. The van der Waals surface area contributed by atoms with Crippen molar-refractivity contribution in [1.82, 2.24) is 20.1 Å². The second kappa shape index (κ2) is 4.15. The fourth-order valence-electron chi connectivity index (χ4n) is 1.64. The summed E-state index contributed by atoms with van der Waals surface area (Å²) >= 11 is 0. The molecule has 0 bridgehead atoms. The molecule has 18 heavy (non-hydrogen) atoms. The van der Waals surface area contributed by atoms with Gasteiger partial charge in [-0.2, -0.15) is 4.98 Å². The maximum absolute atomic E-state index is 5.68. The third kappa shape index (κ3) is 1.82. The number of rotatable bonds is 2. The molecule has 90 valence electrons. The number of benzene rings is 1. The maximum atomic E-state index is 5.68.